The van der Waals surface area contributed by atoms with Gasteiger partial charge in [0.25, 0.3) is 0 Å². The monoisotopic (exact) mass is 524 g/mol. The Balaban J connectivity index is 1.09. The minimum atomic E-state index is 0.630. The Morgan fingerprint density at radius 3 is 1.66 bits per heavy atom. The van der Waals surface area contributed by atoms with E-state index in [0.717, 1.165) is 30.9 Å². The third-order valence-corrected chi connectivity index (χ3v) is 8.38. The fourth-order valence-corrected chi connectivity index (χ4v) is 6.33. The Labute approximate surface area is 230 Å². The maximum Gasteiger partial charge on any atom is 0.207 e. The first-order valence-corrected chi connectivity index (χ1v) is 14.5. The third kappa shape index (κ3) is 7.15. The Morgan fingerprint density at radius 1 is 0.605 bits per heavy atom. The van der Waals surface area contributed by atoms with E-state index in [1.807, 2.05) is 0 Å². The highest BCUT2D eigenvalue weighted by molar-refractivity contribution is 5.68. The molecular formula is C32H48N2O4. The predicted octanol–water partition coefficient (Wildman–Crippen LogP) is 5.98. The minimum absolute atomic E-state index is 0.630. The first-order valence-electron chi connectivity index (χ1n) is 14.5. The number of hydrogen-bond acceptors (Lipinski definition) is 6. The Kier molecular flexibility index (Phi) is 11.0. The van der Waals surface area contributed by atoms with E-state index in [-0.39, 0.29) is 0 Å². The van der Waals surface area contributed by atoms with E-state index < -0.39 is 0 Å². The number of nitrogens with zero attached hydrogens (tertiary/aromatic N) is 2. The normalized spacial score (nSPS) is 16.4. The van der Waals surface area contributed by atoms with Gasteiger partial charge in [-0.05, 0) is 43.7 Å². The summed E-state index contributed by atoms with van der Waals surface area (Å²) in [6.07, 6.45) is 11.3. The smallest absolute Gasteiger partial charge is 0.207 e. The van der Waals surface area contributed by atoms with E-state index >= 15 is 0 Å². The van der Waals surface area contributed by atoms with Gasteiger partial charge in [-0.15, -0.1) is 0 Å². The lowest BCUT2D eigenvalue weighted by molar-refractivity contribution is 0.125. The van der Waals surface area contributed by atoms with Gasteiger partial charge in [-0.3, -0.25) is 4.90 Å². The number of unbranched alkanes of at least 4 members (excludes halogenated alkanes) is 5. The van der Waals surface area contributed by atoms with Gasteiger partial charge in [0.15, 0.2) is 11.5 Å². The zero-order chi connectivity index (χ0) is 26.7. The van der Waals surface area contributed by atoms with Crippen LogP contribution < -0.4 is 18.9 Å². The summed E-state index contributed by atoms with van der Waals surface area (Å²) >= 11 is 0. The summed E-state index contributed by atoms with van der Waals surface area (Å²) in [7, 11) is 6.74. The molecule has 2 aliphatic rings. The van der Waals surface area contributed by atoms with Crippen molar-refractivity contribution in [1.82, 2.24) is 9.80 Å². The van der Waals surface area contributed by atoms with Crippen LogP contribution in [0.3, 0.4) is 0 Å². The van der Waals surface area contributed by atoms with Crippen LogP contribution in [0.1, 0.15) is 61.6 Å². The van der Waals surface area contributed by atoms with Crippen LogP contribution in [0.4, 0.5) is 0 Å². The molecule has 0 atom stereocenters. The van der Waals surface area contributed by atoms with E-state index in [1.165, 1.54) is 94.4 Å². The van der Waals surface area contributed by atoms with Gasteiger partial charge in [-0.2, -0.15) is 0 Å². The molecule has 1 aliphatic heterocycles. The third-order valence-electron chi connectivity index (χ3n) is 8.38. The van der Waals surface area contributed by atoms with Gasteiger partial charge in [0.05, 0.1) is 28.4 Å². The molecule has 0 N–H and O–H groups in total. The van der Waals surface area contributed by atoms with Crippen molar-refractivity contribution in [2.45, 2.75) is 64.3 Å². The van der Waals surface area contributed by atoms with E-state index in [9.17, 15) is 0 Å². The molecule has 38 heavy (non-hydrogen) atoms. The molecule has 1 heterocycles. The van der Waals surface area contributed by atoms with Crippen molar-refractivity contribution in [3.05, 3.63) is 47.0 Å². The lowest BCUT2D eigenvalue weighted by Gasteiger charge is -2.34. The molecule has 0 radical (unpaired) electrons. The summed E-state index contributed by atoms with van der Waals surface area (Å²) in [5, 5.41) is 0. The van der Waals surface area contributed by atoms with Crippen molar-refractivity contribution < 1.29 is 18.9 Å². The molecule has 1 fully saturated rings. The SMILES string of the molecule is COc1c2c(c(OC)c(OC)c1OC)CC(CCCCCCCCN1CCN(Cc3ccccc3)CC1)C2. The second-order valence-electron chi connectivity index (χ2n) is 10.9. The molecule has 0 aromatic heterocycles. The van der Waals surface area contributed by atoms with Gasteiger partial charge in [0.1, 0.15) is 0 Å². The summed E-state index contributed by atoms with van der Waals surface area (Å²) in [6, 6.07) is 10.9. The quantitative estimate of drug-likeness (QED) is 0.267. The first-order chi connectivity index (χ1) is 18.7. The van der Waals surface area contributed by atoms with Gasteiger partial charge in [-0.25, -0.2) is 0 Å². The molecule has 1 aliphatic carbocycles. The average molecular weight is 525 g/mol. The number of fused-ring (bicyclic) bond motifs is 1. The summed E-state index contributed by atoms with van der Waals surface area (Å²) in [5.74, 6) is 3.52. The minimum Gasteiger partial charge on any atom is -0.492 e. The Hall–Kier alpha value is -2.44. The number of piperazine rings is 1. The number of methoxy groups -OCH3 is 4. The molecule has 6 heteroatoms. The molecule has 0 unspecified atom stereocenters. The maximum absolute atomic E-state index is 5.76. The number of ether oxygens (including phenoxy) is 4. The highest BCUT2D eigenvalue weighted by atomic mass is 16.5. The van der Waals surface area contributed by atoms with Gasteiger partial charge < -0.3 is 23.8 Å². The zero-order valence-electron chi connectivity index (χ0n) is 24.1. The van der Waals surface area contributed by atoms with Crippen LogP contribution in [0, 0.1) is 5.92 Å². The average Bonchev–Trinajstić information content (AvgIpc) is 3.38. The van der Waals surface area contributed by atoms with Crippen LogP contribution >= 0.6 is 0 Å². The Bertz CT molecular complexity index is 948. The lowest BCUT2D eigenvalue weighted by Crippen LogP contribution is -2.46. The van der Waals surface area contributed by atoms with Gasteiger partial charge in [0.2, 0.25) is 11.5 Å². The summed E-state index contributed by atoms with van der Waals surface area (Å²) in [4.78, 5) is 5.25. The van der Waals surface area contributed by atoms with Crippen LogP contribution in [0.2, 0.25) is 0 Å². The fourth-order valence-electron chi connectivity index (χ4n) is 6.33. The van der Waals surface area contributed by atoms with Crippen molar-refractivity contribution in [3.63, 3.8) is 0 Å². The van der Waals surface area contributed by atoms with Crippen LogP contribution in [0.25, 0.3) is 0 Å². The molecule has 0 spiro atoms. The summed E-state index contributed by atoms with van der Waals surface area (Å²) in [6.45, 7) is 7.16. The van der Waals surface area contributed by atoms with Gasteiger partial charge >= 0.3 is 0 Å². The van der Waals surface area contributed by atoms with Crippen LogP contribution in [-0.2, 0) is 19.4 Å². The highest BCUT2D eigenvalue weighted by Crippen LogP contribution is 2.53. The molecule has 0 amide bonds. The molecule has 6 nitrogen and oxygen atoms in total. The molecule has 0 saturated carbocycles. The van der Waals surface area contributed by atoms with Crippen LogP contribution in [0.15, 0.2) is 30.3 Å². The van der Waals surface area contributed by atoms with Crippen LogP contribution in [-0.4, -0.2) is 71.0 Å². The standard InChI is InChI=1S/C32H48N2O4/c1-35-29-27-22-26(23-28(27)30(36-2)32(38-4)31(29)37-3)16-10-7-5-6-8-13-17-33-18-20-34(21-19-33)24-25-14-11-9-12-15-25/h9,11-12,14-15,26H,5-8,10,13,16-24H2,1-4H3. The molecule has 1 saturated heterocycles. The lowest BCUT2D eigenvalue weighted by atomic mass is 9.97. The van der Waals surface area contributed by atoms with Crippen molar-refractivity contribution in [3.8, 4) is 23.0 Å². The molecular weight excluding hydrogens is 476 g/mol. The van der Waals surface area contributed by atoms with E-state index in [1.54, 1.807) is 28.4 Å². The maximum atomic E-state index is 5.76. The highest BCUT2D eigenvalue weighted by Gasteiger charge is 2.33. The molecule has 210 valence electrons. The number of benzene rings is 2. The zero-order valence-corrected chi connectivity index (χ0v) is 24.1. The molecule has 4 rings (SSSR count). The van der Waals surface area contributed by atoms with Crippen molar-refractivity contribution >= 4 is 0 Å². The predicted molar refractivity (Wildman–Crippen MR) is 154 cm³/mol. The second-order valence-corrected chi connectivity index (χ2v) is 10.9. The molecule has 0 bridgehead atoms. The van der Waals surface area contributed by atoms with E-state index in [2.05, 4.69) is 40.1 Å². The number of rotatable bonds is 15. The fraction of sp³-hybridized carbons (Fsp3) is 0.625. The first kappa shape index (κ1) is 28.6. The second kappa shape index (κ2) is 14.6. The van der Waals surface area contributed by atoms with E-state index in [4.69, 9.17) is 18.9 Å². The largest absolute Gasteiger partial charge is 0.492 e. The van der Waals surface area contributed by atoms with Crippen molar-refractivity contribution in [1.29, 1.82) is 0 Å². The summed E-state index contributed by atoms with van der Waals surface area (Å²) in [5.41, 5.74) is 3.89. The van der Waals surface area contributed by atoms with E-state index in [0.29, 0.717) is 17.4 Å². The molecule has 2 aromatic rings. The van der Waals surface area contributed by atoms with Crippen molar-refractivity contribution in [2.75, 3.05) is 61.2 Å². The topological polar surface area (TPSA) is 43.4 Å². The van der Waals surface area contributed by atoms with Gasteiger partial charge in [0, 0.05) is 43.9 Å². The van der Waals surface area contributed by atoms with Crippen LogP contribution in [0.5, 0.6) is 23.0 Å². The molecule has 2 aromatic carbocycles. The van der Waals surface area contributed by atoms with Crippen molar-refractivity contribution in [2.24, 2.45) is 5.92 Å². The van der Waals surface area contributed by atoms with Gasteiger partial charge in [-0.1, -0.05) is 62.4 Å². The Morgan fingerprint density at radius 2 is 1.11 bits per heavy atom. The number of hydrogen-bond donors (Lipinski definition) is 0. The summed E-state index contributed by atoms with van der Waals surface area (Å²) < 4.78 is 22.8.